The minimum absolute atomic E-state index is 1.12. The number of allylic oxidation sites excluding steroid dienone is 4. The Morgan fingerprint density at radius 2 is 1.65 bits per heavy atom. The molecule has 2 N–H and O–H groups in total. The van der Waals surface area contributed by atoms with Gasteiger partial charge in [-0.3, -0.25) is 0 Å². The van der Waals surface area contributed by atoms with Gasteiger partial charge in [-0.05, 0) is 24.3 Å². The molecule has 0 amide bonds. The van der Waals surface area contributed by atoms with Crippen LogP contribution in [-0.2, 0) is 0 Å². The first-order valence-corrected chi connectivity index (χ1v) is 6.73. The van der Waals surface area contributed by atoms with Gasteiger partial charge in [0.25, 0.3) is 0 Å². The third kappa shape index (κ3) is 1.66. The van der Waals surface area contributed by atoms with Gasteiger partial charge in [0.1, 0.15) is 0 Å². The molecule has 2 heteroatoms. The Morgan fingerprint density at radius 3 is 2.65 bits per heavy atom. The van der Waals surface area contributed by atoms with Crippen LogP contribution in [-0.4, -0.2) is 4.98 Å². The topological polar surface area (TPSA) is 27.8 Å². The molecule has 1 aliphatic heterocycles. The fraction of sp³-hybridized carbons (Fsp3) is 0. The van der Waals surface area contributed by atoms with Gasteiger partial charge in [0, 0.05) is 39.3 Å². The molecule has 4 rings (SSSR count). The van der Waals surface area contributed by atoms with Crippen LogP contribution >= 0.6 is 0 Å². The molecule has 0 saturated heterocycles. The molecule has 0 saturated carbocycles. The van der Waals surface area contributed by atoms with Crippen molar-refractivity contribution in [2.45, 2.75) is 0 Å². The number of para-hydroxylation sites is 1. The smallest absolute Gasteiger partial charge is 0.0471 e. The number of H-pyrrole nitrogens is 1. The lowest BCUT2D eigenvalue weighted by molar-refractivity contribution is 1.23. The fourth-order valence-corrected chi connectivity index (χ4v) is 2.75. The largest absolute Gasteiger partial charge is 0.361 e. The lowest BCUT2D eigenvalue weighted by Crippen LogP contribution is -2.02. The van der Waals surface area contributed by atoms with Gasteiger partial charge in [0.05, 0.1) is 0 Å². The van der Waals surface area contributed by atoms with Crippen LogP contribution in [0.2, 0.25) is 0 Å². The number of fused-ring (bicyclic) bond motifs is 3. The van der Waals surface area contributed by atoms with Crippen LogP contribution in [0.1, 0.15) is 5.56 Å². The number of aromatic nitrogens is 1. The summed E-state index contributed by atoms with van der Waals surface area (Å²) in [7, 11) is 0. The van der Waals surface area contributed by atoms with E-state index in [4.69, 9.17) is 0 Å². The van der Waals surface area contributed by atoms with E-state index in [0.29, 0.717) is 0 Å². The monoisotopic (exact) mass is 258 g/mol. The summed E-state index contributed by atoms with van der Waals surface area (Å²) in [5.41, 5.74) is 4.68. The normalized spacial score (nSPS) is 14.3. The van der Waals surface area contributed by atoms with Crippen molar-refractivity contribution in [3.63, 3.8) is 0 Å². The number of benzene rings is 2. The van der Waals surface area contributed by atoms with E-state index in [0.717, 1.165) is 5.70 Å². The minimum Gasteiger partial charge on any atom is -0.361 e. The Kier molecular flexibility index (Phi) is 2.46. The second-order valence-electron chi connectivity index (χ2n) is 4.87. The summed E-state index contributed by atoms with van der Waals surface area (Å²) < 4.78 is 0. The molecule has 0 atom stereocenters. The molecule has 3 aromatic rings. The Hall–Kier alpha value is -2.74. The molecule has 96 valence electrons. The standard InChI is InChI=1S/C18H14N2/c1-2-9-15(19-12-5-1)13-8-6-11-17-18(13)14-7-3-4-10-16(14)20-17/h1-12,19-20H. The first-order valence-electron chi connectivity index (χ1n) is 6.73. The van der Waals surface area contributed by atoms with E-state index >= 15 is 0 Å². The highest BCUT2D eigenvalue weighted by Gasteiger charge is 2.10. The molecule has 0 spiro atoms. The predicted octanol–water partition coefficient (Wildman–Crippen LogP) is 4.34. The lowest BCUT2D eigenvalue weighted by Gasteiger charge is -2.08. The van der Waals surface area contributed by atoms with E-state index in [2.05, 4.69) is 64.9 Å². The van der Waals surface area contributed by atoms with E-state index in [1.807, 2.05) is 18.4 Å². The molecule has 0 aliphatic carbocycles. The number of hydrogen-bond donors (Lipinski definition) is 2. The highest BCUT2D eigenvalue weighted by Crippen LogP contribution is 2.31. The minimum atomic E-state index is 1.12. The van der Waals surface area contributed by atoms with Gasteiger partial charge in [-0.1, -0.05) is 42.5 Å². The third-order valence-corrected chi connectivity index (χ3v) is 3.64. The molecule has 2 aromatic carbocycles. The molecular weight excluding hydrogens is 244 g/mol. The Balaban J connectivity index is 2.06. The summed E-state index contributed by atoms with van der Waals surface area (Å²) in [4.78, 5) is 3.48. The van der Waals surface area contributed by atoms with Crippen LogP contribution in [0.5, 0.6) is 0 Å². The molecule has 2 heterocycles. The number of nitrogens with one attached hydrogen (secondary N) is 2. The van der Waals surface area contributed by atoms with E-state index in [9.17, 15) is 0 Å². The highest BCUT2D eigenvalue weighted by atomic mass is 14.9. The molecule has 0 fully saturated rings. The van der Waals surface area contributed by atoms with Crippen molar-refractivity contribution in [2.75, 3.05) is 0 Å². The zero-order valence-corrected chi connectivity index (χ0v) is 10.9. The number of hydrogen-bond acceptors (Lipinski definition) is 1. The van der Waals surface area contributed by atoms with Gasteiger partial charge in [0.2, 0.25) is 0 Å². The van der Waals surface area contributed by atoms with Crippen LogP contribution in [0.25, 0.3) is 27.5 Å². The number of aromatic amines is 1. The number of rotatable bonds is 1. The van der Waals surface area contributed by atoms with E-state index in [-0.39, 0.29) is 0 Å². The van der Waals surface area contributed by atoms with Crippen molar-refractivity contribution in [3.8, 4) is 0 Å². The van der Waals surface area contributed by atoms with Crippen molar-refractivity contribution in [2.24, 2.45) is 0 Å². The maximum Gasteiger partial charge on any atom is 0.0471 e. The highest BCUT2D eigenvalue weighted by molar-refractivity contribution is 6.12. The van der Waals surface area contributed by atoms with Gasteiger partial charge in [-0.2, -0.15) is 0 Å². The molecule has 0 bridgehead atoms. The summed E-state index contributed by atoms with van der Waals surface area (Å²) >= 11 is 0. The summed E-state index contributed by atoms with van der Waals surface area (Å²) in [6.07, 6.45) is 10.1. The summed E-state index contributed by atoms with van der Waals surface area (Å²) in [6.45, 7) is 0. The molecule has 0 unspecified atom stereocenters. The summed E-state index contributed by atoms with van der Waals surface area (Å²) in [5, 5.41) is 5.88. The molecule has 20 heavy (non-hydrogen) atoms. The maximum absolute atomic E-state index is 3.48. The molecule has 0 radical (unpaired) electrons. The lowest BCUT2D eigenvalue weighted by atomic mass is 10.0. The van der Waals surface area contributed by atoms with E-state index in [1.54, 1.807) is 0 Å². The van der Waals surface area contributed by atoms with Crippen LogP contribution in [0, 0.1) is 0 Å². The zero-order chi connectivity index (χ0) is 13.4. The quantitative estimate of drug-likeness (QED) is 0.668. The second-order valence-corrected chi connectivity index (χ2v) is 4.87. The van der Waals surface area contributed by atoms with Crippen molar-refractivity contribution in [1.82, 2.24) is 10.3 Å². The van der Waals surface area contributed by atoms with Crippen molar-refractivity contribution >= 4 is 27.5 Å². The van der Waals surface area contributed by atoms with Gasteiger partial charge < -0.3 is 10.3 Å². The second kappa shape index (κ2) is 4.42. The Morgan fingerprint density at radius 1 is 0.750 bits per heavy atom. The average molecular weight is 258 g/mol. The summed E-state index contributed by atoms with van der Waals surface area (Å²) in [5.74, 6) is 0. The zero-order valence-electron chi connectivity index (χ0n) is 10.9. The Labute approximate surface area is 117 Å². The van der Waals surface area contributed by atoms with E-state index < -0.39 is 0 Å². The Bertz CT molecular complexity index is 879. The third-order valence-electron chi connectivity index (χ3n) is 3.64. The molecule has 2 nitrogen and oxygen atoms in total. The van der Waals surface area contributed by atoms with Crippen LogP contribution < -0.4 is 5.32 Å². The molecule has 1 aromatic heterocycles. The van der Waals surface area contributed by atoms with Gasteiger partial charge in [0.15, 0.2) is 0 Å². The van der Waals surface area contributed by atoms with Crippen molar-refractivity contribution < 1.29 is 0 Å². The van der Waals surface area contributed by atoms with E-state index in [1.165, 1.54) is 27.4 Å². The predicted molar refractivity (Wildman–Crippen MR) is 85.2 cm³/mol. The van der Waals surface area contributed by atoms with Gasteiger partial charge in [-0.25, -0.2) is 0 Å². The SMILES string of the molecule is C1=CC=C(c2cccc3[nH]c4ccccc4c23)NC=C1. The first-order chi connectivity index (χ1) is 9.93. The first kappa shape index (κ1) is 11.1. The van der Waals surface area contributed by atoms with Gasteiger partial charge >= 0.3 is 0 Å². The van der Waals surface area contributed by atoms with Crippen molar-refractivity contribution in [1.29, 1.82) is 0 Å². The fourth-order valence-electron chi connectivity index (χ4n) is 2.75. The van der Waals surface area contributed by atoms with Gasteiger partial charge in [-0.15, -0.1) is 0 Å². The van der Waals surface area contributed by atoms with Crippen LogP contribution in [0.3, 0.4) is 0 Å². The molecular formula is C18H14N2. The van der Waals surface area contributed by atoms with Crippen LogP contribution in [0.15, 0.2) is 73.0 Å². The molecule has 1 aliphatic rings. The summed E-state index contributed by atoms with van der Waals surface area (Å²) in [6, 6.07) is 14.8. The van der Waals surface area contributed by atoms with Crippen LogP contribution in [0.4, 0.5) is 0 Å². The average Bonchev–Trinajstić information content (AvgIpc) is 2.68. The van der Waals surface area contributed by atoms with Crippen molar-refractivity contribution in [3.05, 3.63) is 78.5 Å². The maximum atomic E-state index is 3.48.